The molecule has 1 aromatic carbocycles. The number of benzene rings is 1. The third kappa shape index (κ3) is 13.2. The second-order valence-corrected chi connectivity index (χ2v) is 14.9. The number of rotatable bonds is 23. The highest BCUT2D eigenvalue weighted by molar-refractivity contribution is 7.53. The quantitative estimate of drug-likeness (QED) is 0.0772. The number of anilines is 1. The van der Waals surface area contributed by atoms with Gasteiger partial charge < -0.3 is 19.1 Å². The molecule has 47 heavy (non-hydrogen) atoms. The number of amides is 1. The van der Waals surface area contributed by atoms with Crippen LogP contribution >= 0.6 is 19.2 Å². The van der Waals surface area contributed by atoms with Crippen molar-refractivity contribution in [1.29, 1.82) is 0 Å². The number of nitrogens with one attached hydrogen (secondary N) is 1. The van der Waals surface area contributed by atoms with Gasteiger partial charge in [-0.1, -0.05) is 121 Å². The van der Waals surface area contributed by atoms with Crippen molar-refractivity contribution in [2.75, 3.05) is 24.9 Å². The number of ether oxygens (including phenoxy) is 1. The van der Waals surface area contributed by atoms with Crippen LogP contribution in [0.3, 0.4) is 0 Å². The van der Waals surface area contributed by atoms with Crippen LogP contribution in [-0.4, -0.2) is 45.0 Å². The molecule has 10 nitrogen and oxygen atoms in total. The smallest absolute Gasteiger partial charge is 0.356 e. The Morgan fingerprint density at radius 2 is 1.66 bits per heavy atom. The van der Waals surface area contributed by atoms with Crippen molar-refractivity contribution in [3.05, 3.63) is 47.5 Å². The highest BCUT2D eigenvalue weighted by Crippen LogP contribution is 2.56. The molecule has 4 rings (SSSR count). The number of unbranched alkanes of at least 4 members (excludes halogenated alkanes) is 14. The summed E-state index contributed by atoms with van der Waals surface area (Å²) in [5, 5.41) is 3.51. The molecule has 1 amide bonds. The molecule has 1 fully saturated rings. The lowest BCUT2D eigenvalue weighted by Crippen LogP contribution is -2.17. The number of hydrogen-bond donors (Lipinski definition) is 1. The van der Waals surface area contributed by atoms with E-state index >= 15 is 0 Å². The van der Waals surface area contributed by atoms with Gasteiger partial charge in [-0.25, -0.2) is 15.0 Å². The molecule has 2 atom stereocenters. The van der Waals surface area contributed by atoms with E-state index in [9.17, 15) is 9.36 Å². The van der Waals surface area contributed by atoms with Gasteiger partial charge in [0.1, 0.15) is 12.7 Å². The molecule has 260 valence electrons. The van der Waals surface area contributed by atoms with Gasteiger partial charge in [-0.15, -0.1) is 0 Å². The van der Waals surface area contributed by atoms with E-state index in [0.717, 1.165) is 18.4 Å². The first-order valence-electron chi connectivity index (χ1n) is 17.7. The maximum absolute atomic E-state index is 13.2. The Labute approximate surface area is 285 Å². The number of imidazole rings is 1. The van der Waals surface area contributed by atoms with E-state index < -0.39 is 7.60 Å². The molecule has 1 aliphatic rings. The summed E-state index contributed by atoms with van der Waals surface area (Å²) < 4.78 is 32.0. The number of halogens is 1. The molecule has 3 aromatic rings. The van der Waals surface area contributed by atoms with Gasteiger partial charge in [-0.05, 0) is 24.1 Å². The van der Waals surface area contributed by atoms with Gasteiger partial charge in [-0.3, -0.25) is 13.9 Å². The fourth-order valence-corrected chi connectivity index (χ4v) is 7.65. The molecule has 0 spiro atoms. The molecule has 0 aliphatic carbocycles. The number of carbonyl (C=O) groups excluding carboxylic acids is 1. The minimum Gasteiger partial charge on any atom is -0.367 e. The van der Waals surface area contributed by atoms with Crippen LogP contribution in [0.4, 0.5) is 5.82 Å². The van der Waals surface area contributed by atoms with Gasteiger partial charge in [0.2, 0.25) is 5.91 Å². The van der Waals surface area contributed by atoms with Crippen molar-refractivity contribution < 1.29 is 23.1 Å². The third-order valence-corrected chi connectivity index (χ3v) is 10.5. The van der Waals surface area contributed by atoms with Crippen molar-refractivity contribution >= 4 is 42.1 Å². The van der Waals surface area contributed by atoms with Crippen molar-refractivity contribution in [2.24, 2.45) is 0 Å². The first-order chi connectivity index (χ1) is 23.0. The summed E-state index contributed by atoms with van der Waals surface area (Å²) in [5.41, 5.74) is 1.97. The van der Waals surface area contributed by atoms with Gasteiger partial charge in [-0.2, -0.15) is 0 Å². The van der Waals surface area contributed by atoms with Crippen LogP contribution in [0.1, 0.15) is 128 Å². The molecule has 12 heteroatoms. The SMILES string of the molecule is CCCCCCCCCCCCCCCCCC(=O)Nc1ncnc2c1ncn2CCOCP1(=O)OCCC(c2cccc(Cl)c2)O1. The fraction of sp³-hybridized carbons (Fsp3) is 0.657. The average molecular weight is 690 g/mol. The van der Waals surface area contributed by atoms with Crippen molar-refractivity contribution in [2.45, 2.75) is 129 Å². The maximum atomic E-state index is 13.2. The minimum absolute atomic E-state index is 0.0640. The molecule has 0 bridgehead atoms. The normalized spacial score (nSPS) is 18.1. The number of aromatic nitrogens is 4. The Hall–Kier alpha value is -2.36. The minimum atomic E-state index is -3.42. The molecule has 1 N–H and O–H groups in total. The zero-order valence-electron chi connectivity index (χ0n) is 28.0. The Morgan fingerprint density at radius 1 is 0.979 bits per heavy atom. The van der Waals surface area contributed by atoms with E-state index in [1.165, 1.54) is 89.8 Å². The summed E-state index contributed by atoms with van der Waals surface area (Å²) in [7, 11) is -3.42. The van der Waals surface area contributed by atoms with E-state index in [4.69, 9.17) is 25.4 Å². The Bertz CT molecular complexity index is 1410. The predicted molar refractivity (Wildman–Crippen MR) is 188 cm³/mol. The van der Waals surface area contributed by atoms with E-state index in [1.807, 2.05) is 22.8 Å². The van der Waals surface area contributed by atoms with Crippen LogP contribution < -0.4 is 5.32 Å². The molecule has 2 unspecified atom stereocenters. The molecule has 3 heterocycles. The van der Waals surface area contributed by atoms with E-state index in [2.05, 4.69) is 27.2 Å². The molecular weight excluding hydrogens is 637 g/mol. The van der Waals surface area contributed by atoms with Crippen LogP contribution in [0.25, 0.3) is 11.2 Å². The molecule has 1 saturated heterocycles. The molecule has 0 saturated carbocycles. The van der Waals surface area contributed by atoms with Crippen LogP contribution in [-0.2, 0) is 29.7 Å². The maximum Gasteiger partial charge on any atom is 0.356 e. The number of hydrogen-bond acceptors (Lipinski definition) is 8. The molecule has 0 radical (unpaired) electrons. The first kappa shape index (κ1) is 37.5. The topological polar surface area (TPSA) is 117 Å². The summed E-state index contributed by atoms with van der Waals surface area (Å²) in [6.45, 7) is 3.24. The van der Waals surface area contributed by atoms with E-state index in [0.29, 0.717) is 48.0 Å². The third-order valence-electron chi connectivity index (χ3n) is 8.57. The summed E-state index contributed by atoms with van der Waals surface area (Å²) >= 11 is 6.11. The fourth-order valence-electron chi connectivity index (χ4n) is 5.90. The molecule has 2 aromatic heterocycles. The number of carbonyl (C=O) groups is 1. The molecular formula is C35H53ClN5O5P. The second-order valence-electron chi connectivity index (χ2n) is 12.5. The van der Waals surface area contributed by atoms with Crippen LogP contribution in [0.2, 0.25) is 5.02 Å². The summed E-state index contributed by atoms with van der Waals surface area (Å²) in [4.78, 5) is 25.7. The van der Waals surface area contributed by atoms with Crippen LogP contribution in [0, 0.1) is 0 Å². The summed E-state index contributed by atoms with van der Waals surface area (Å²) in [5.74, 6) is 0.340. The van der Waals surface area contributed by atoms with Gasteiger partial charge >= 0.3 is 7.60 Å². The summed E-state index contributed by atoms with van der Waals surface area (Å²) in [6.07, 6.45) is 23.0. The highest BCUT2D eigenvalue weighted by atomic mass is 35.5. The molecule has 1 aliphatic heterocycles. The van der Waals surface area contributed by atoms with Crippen LogP contribution in [0.15, 0.2) is 36.9 Å². The van der Waals surface area contributed by atoms with Crippen molar-refractivity contribution in [3.8, 4) is 0 Å². The van der Waals surface area contributed by atoms with Crippen LogP contribution in [0.5, 0.6) is 0 Å². The number of fused-ring (bicyclic) bond motifs is 1. The van der Waals surface area contributed by atoms with E-state index in [1.54, 1.807) is 12.4 Å². The highest BCUT2D eigenvalue weighted by Gasteiger charge is 2.34. The number of nitrogens with zero attached hydrogens (tertiary/aromatic N) is 4. The predicted octanol–water partition coefficient (Wildman–Crippen LogP) is 10.0. The lowest BCUT2D eigenvalue weighted by atomic mass is 10.0. The van der Waals surface area contributed by atoms with Gasteiger partial charge in [0, 0.05) is 24.4 Å². The van der Waals surface area contributed by atoms with Crippen molar-refractivity contribution in [3.63, 3.8) is 0 Å². The van der Waals surface area contributed by atoms with Gasteiger partial charge in [0.25, 0.3) is 0 Å². The summed E-state index contributed by atoms with van der Waals surface area (Å²) in [6, 6.07) is 7.34. The first-order valence-corrected chi connectivity index (χ1v) is 19.8. The van der Waals surface area contributed by atoms with E-state index in [-0.39, 0.29) is 25.0 Å². The zero-order chi connectivity index (χ0) is 33.2. The average Bonchev–Trinajstić information content (AvgIpc) is 3.49. The second kappa shape index (κ2) is 20.9. The lowest BCUT2D eigenvalue weighted by Gasteiger charge is -2.30. The lowest BCUT2D eigenvalue weighted by molar-refractivity contribution is -0.116. The monoisotopic (exact) mass is 689 g/mol. The van der Waals surface area contributed by atoms with Crippen molar-refractivity contribution in [1.82, 2.24) is 19.5 Å². The van der Waals surface area contributed by atoms with Gasteiger partial charge in [0.15, 0.2) is 17.0 Å². The van der Waals surface area contributed by atoms with Gasteiger partial charge in [0.05, 0.1) is 25.6 Å². The zero-order valence-corrected chi connectivity index (χ0v) is 29.7. The Balaban J connectivity index is 1.08. The Morgan fingerprint density at radius 3 is 2.34 bits per heavy atom. The Kier molecular flexibility index (Phi) is 16.6. The standard InChI is InChI=1S/C35H53ClN5O5P/c1-2-3-4-5-6-7-8-9-10-11-12-13-14-15-16-20-32(42)40-34-33-35(38-26-37-34)41(27-39-33)22-24-44-28-47(43)45-23-21-31(46-47)29-18-17-19-30(36)25-29/h17-19,25-27,31H,2-16,20-24,28H2,1H3,(H,37,38,40,42). The largest absolute Gasteiger partial charge is 0.367 e.